The molecule has 1 heterocycles. The molecule has 0 fully saturated rings. The minimum Gasteiger partial charge on any atom is -0.384 e. The molecular formula is C11H11BrN4. The Bertz CT molecular complexity index is 545. The Morgan fingerprint density at radius 3 is 2.81 bits per heavy atom. The maximum atomic E-state index is 7.55. The second-order valence-electron chi connectivity index (χ2n) is 3.54. The van der Waals surface area contributed by atoms with Gasteiger partial charge >= 0.3 is 0 Å². The molecule has 0 radical (unpaired) electrons. The number of nitrogens with two attached hydrogens (primary N) is 1. The average Bonchev–Trinajstić information content (AvgIpc) is 2.64. The van der Waals surface area contributed by atoms with Crippen molar-refractivity contribution >= 4 is 21.8 Å². The van der Waals surface area contributed by atoms with E-state index in [0.29, 0.717) is 5.56 Å². The smallest absolute Gasteiger partial charge is 0.124 e. The maximum absolute atomic E-state index is 7.55. The molecule has 0 spiro atoms. The molecule has 0 aliphatic rings. The lowest BCUT2D eigenvalue weighted by atomic mass is 10.1. The van der Waals surface area contributed by atoms with E-state index in [-0.39, 0.29) is 5.84 Å². The monoisotopic (exact) mass is 278 g/mol. The van der Waals surface area contributed by atoms with Gasteiger partial charge in [-0.15, -0.1) is 0 Å². The van der Waals surface area contributed by atoms with Crippen molar-refractivity contribution in [1.29, 1.82) is 5.41 Å². The van der Waals surface area contributed by atoms with Crippen LogP contribution in [0.5, 0.6) is 0 Å². The summed E-state index contributed by atoms with van der Waals surface area (Å²) in [5.74, 6) is 0.0466. The lowest BCUT2D eigenvalue weighted by Gasteiger charge is -2.08. The minimum absolute atomic E-state index is 0.0466. The van der Waals surface area contributed by atoms with Gasteiger partial charge in [0.15, 0.2) is 0 Å². The molecule has 0 aliphatic heterocycles. The molecule has 0 atom stereocenters. The third-order valence-electron chi connectivity index (χ3n) is 2.24. The average molecular weight is 279 g/mol. The summed E-state index contributed by atoms with van der Waals surface area (Å²) >= 11 is 3.34. The van der Waals surface area contributed by atoms with E-state index >= 15 is 0 Å². The molecule has 2 rings (SSSR count). The first kappa shape index (κ1) is 10.9. The summed E-state index contributed by atoms with van der Waals surface area (Å²) in [4.78, 5) is 0. The number of benzene rings is 1. The van der Waals surface area contributed by atoms with Crippen LogP contribution < -0.4 is 5.73 Å². The highest BCUT2D eigenvalue weighted by molar-refractivity contribution is 9.10. The number of hydrogen-bond acceptors (Lipinski definition) is 2. The van der Waals surface area contributed by atoms with Crippen molar-refractivity contribution in [2.75, 3.05) is 0 Å². The van der Waals surface area contributed by atoms with E-state index in [9.17, 15) is 0 Å². The van der Waals surface area contributed by atoms with Gasteiger partial charge in [0.2, 0.25) is 0 Å². The highest BCUT2D eigenvalue weighted by Crippen LogP contribution is 2.17. The van der Waals surface area contributed by atoms with E-state index in [1.807, 2.05) is 31.3 Å². The molecule has 0 saturated heterocycles. The van der Waals surface area contributed by atoms with E-state index in [1.165, 1.54) is 0 Å². The Morgan fingerprint density at radius 2 is 2.25 bits per heavy atom. The fraction of sp³-hybridized carbons (Fsp3) is 0.0909. The van der Waals surface area contributed by atoms with Gasteiger partial charge in [0.25, 0.3) is 0 Å². The van der Waals surface area contributed by atoms with Gasteiger partial charge in [-0.1, -0.05) is 11.6 Å². The molecule has 0 bridgehead atoms. The number of halogens is 1. The Morgan fingerprint density at radius 1 is 1.50 bits per heavy atom. The van der Waals surface area contributed by atoms with Gasteiger partial charge in [0.05, 0.1) is 16.4 Å². The van der Waals surface area contributed by atoms with Gasteiger partial charge in [0, 0.05) is 11.8 Å². The van der Waals surface area contributed by atoms with Gasteiger partial charge < -0.3 is 5.73 Å². The van der Waals surface area contributed by atoms with Gasteiger partial charge in [-0.05, 0) is 35.0 Å². The number of nitrogen functional groups attached to an aromatic ring is 1. The van der Waals surface area contributed by atoms with Gasteiger partial charge in [-0.2, -0.15) is 5.10 Å². The highest BCUT2D eigenvalue weighted by Gasteiger charge is 2.08. The molecular weight excluding hydrogens is 268 g/mol. The van der Waals surface area contributed by atoms with Crippen LogP contribution in [0.1, 0.15) is 11.1 Å². The highest BCUT2D eigenvalue weighted by atomic mass is 79.9. The second kappa shape index (κ2) is 4.09. The number of amidine groups is 1. The Kier molecular flexibility index (Phi) is 2.78. The number of rotatable bonds is 2. The molecule has 1 aromatic carbocycles. The topological polar surface area (TPSA) is 67.7 Å². The van der Waals surface area contributed by atoms with E-state index in [1.54, 1.807) is 10.9 Å². The number of aryl methyl sites for hydroxylation is 1. The second-order valence-corrected chi connectivity index (χ2v) is 4.45. The molecule has 4 nitrogen and oxygen atoms in total. The molecule has 1 aromatic heterocycles. The molecule has 0 aliphatic carbocycles. The van der Waals surface area contributed by atoms with Crippen molar-refractivity contribution < 1.29 is 0 Å². The predicted octanol–water partition coefficient (Wildman–Crippen LogP) is 2.23. The zero-order valence-corrected chi connectivity index (χ0v) is 10.3. The van der Waals surface area contributed by atoms with E-state index in [2.05, 4.69) is 21.0 Å². The van der Waals surface area contributed by atoms with Crippen molar-refractivity contribution in [3.8, 4) is 5.69 Å². The molecule has 0 amide bonds. The zero-order valence-electron chi connectivity index (χ0n) is 8.74. The number of aromatic nitrogens is 2. The van der Waals surface area contributed by atoms with Crippen molar-refractivity contribution in [2.24, 2.45) is 5.73 Å². The molecule has 3 N–H and O–H groups in total. The third kappa shape index (κ3) is 1.99. The van der Waals surface area contributed by atoms with Gasteiger partial charge in [-0.25, -0.2) is 4.68 Å². The summed E-state index contributed by atoms with van der Waals surface area (Å²) in [6.45, 7) is 1.97. The largest absolute Gasteiger partial charge is 0.384 e. The fourth-order valence-electron chi connectivity index (χ4n) is 1.50. The molecule has 2 aromatic rings. The van der Waals surface area contributed by atoms with Crippen molar-refractivity contribution in [1.82, 2.24) is 9.78 Å². The molecule has 0 saturated carbocycles. The van der Waals surface area contributed by atoms with Crippen LogP contribution >= 0.6 is 15.9 Å². The summed E-state index contributed by atoms with van der Waals surface area (Å²) in [5, 5.41) is 11.7. The Balaban J connectivity index is 2.60. The van der Waals surface area contributed by atoms with Crippen LogP contribution in [0.4, 0.5) is 0 Å². The zero-order chi connectivity index (χ0) is 11.7. The summed E-state index contributed by atoms with van der Waals surface area (Å²) in [6, 6.07) is 5.76. The minimum atomic E-state index is 0.0466. The normalized spacial score (nSPS) is 10.4. The van der Waals surface area contributed by atoms with Crippen LogP contribution in [0.25, 0.3) is 5.69 Å². The van der Waals surface area contributed by atoms with Crippen LogP contribution in [-0.2, 0) is 0 Å². The van der Waals surface area contributed by atoms with Crippen LogP contribution in [0, 0.1) is 12.3 Å². The molecule has 0 unspecified atom stereocenters. The van der Waals surface area contributed by atoms with Crippen molar-refractivity contribution in [2.45, 2.75) is 6.92 Å². The maximum Gasteiger partial charge on any atom is 0.124 e. The summed E-state index contributed by atoms with van der Waals surface area (Å²) in [7, 11) is 0. The summed E-state index contributed by atoms with van der Waals surface area (Å²) in [6.07, 6.45) is 3.53. The van der Waals surface area contributed by atoms with Crippen LogP contribution in [0.3, 0.4) is 0 Å². The lowest BCUT2D eigenvalue weighted by molar-refractivity contribution is 0.877. The van der Waals surface area contributed by atoms with E-state index in [4.69, 9.17) is 11.1 Å². The quantitative estimate of drug-likeness (QED) is 0.653. The molecule has 82 valence electrons. The Hall–Kier alpha value is -1.62. The van der Waals surface area contributed by atoms with Crippen LogP contribution in [0.2, 0.25) is 0 Å². The number of nitrogens with zero attached hydrogens (tertiary/aromatic N) is 2. The predicted molar refractivity (Wildman–Crippen MR) is 67.0 cm³/mol. The lowest BCUT2D eigenvalue weighted by Crippen LogP contribution is -2.15. The number of nitrogens with one attached hydrogen (secondary N) is 1. The van der Waals surface area contributed by atoms with E-state index < -0.39 is 0 Å². The first-order valence-corrected chi connectivity index (χ1v) is 5.53. The molecule has 16 heavy (non-hydrogen) atoms. The van der Waals surface area contributed by atoms with Crippen LogP contribution in [0.15, 0.2) is 35.1 Å². The first-order chi connectivity index (χ1) is 7.58. The SMILES string of the molecule is Cc1ccc(-n2cc(Br)cn2)c(C(=N)N)c1. The summed E-state index contributed by atoms with van der Waals surface area (Å²) < 4.78 is 2.59. The van der Waals surface area contributed by atoms with Crippen LogP contribution in [-0.4, -0.2) is 15.6 Å². The Labute approximate surface area is 102 Å². The molecule has 5 heteroatoms. The van der Waals surface area contributed by atoms with Gasteiger partial charge in [-0.3, -0.25) is 5.41 Å². The number of hydrogen-bond donors (Lipinski definition) is 2. The van der Waals surface area contributed by atoms with Gasteiger partial charge in [0.1, 0.15) is 5.84 Å². The fourth-order valence-corrected chi connectivity index (χ4v) is 1.78. The third-order valence-corrected chi connectivity index (χ3v) is 2.65. The first-order valence-electron chi connectivity index (χ1n) is 4.73. The van der Waals surface area contributed by atoms with Crippen molar-refractivity contribution in [3.63, 3.8) is 0 Å². The standard InChI is InChI=1S/C11H11BrN4/c1-7-2-3-10(9(4-7)11(13)14)16-6-8(12)5-15-16/h2-6H,1H3,(H3,13,14). The van der Waals surface area contributed by atoms with Crippen molar-refractivity contribution in [3.05, 3.63) is 46.2 Å². The summed E-state index contributed by atoms with van der Waals surface area (Å²) in [5.41, 5.74) is 8.13. The van der Waals surface area contributed by atoms with E-state index in [0.717, 1.165) is 15.7 Å².